The number of hydrogen-bond acceptors (Lipinski definition) is 2. The van der Waals surface area contributed by atoms with Crippen molar-refractivity contribution in [2.24, 2.45) is 0 Å². The number of nitrogens with zero attached hydrogens (tertiary/aromatic N) is 2. The Morgan fingerprint density at radius 2 is 2.28 bits per heavy atom. The number of amides is 1. The van der Waals surface area contributed by atoms with Gasteiger partial charge in [-0.1, -0.05) is 17.7 Å². The van der Waals surface area contributed by atoms with Crippen molar-refractivity contribution in [1.29, 1.82) is 5.26 Å². The molecule has 0 N–H and O–H groups in total. The summed E-state index contributed by atoms with van der Waals surface area (Å²) < 4.78 is 0. The summed E-state index contributed by atoms with van der Waals surface area (Å²) in [6.07, 6.45) is 2.45. The van der Waals surface area contributed by atoms with Crippen LogP contribution in [0.5, 0.6) is 0 Å². The fourth-order valence-electron chi connectivity index (χ4n) is 1.99. The topological polar surface area (TPSA) is 44.1 Å². The third-order valence-corrected chi connectivity index (χ3v) is 3.38. The minimum absolute atomic E-state index is 0.00671. The molecule has 1 amide bonds. The third-order valence-electron chi connectivity index (χ3n) is 3.14. The lowest BCUT2D eigenvalue weighted by atomic mass is 10.1. The fourth-order valence-corrected chi connectivity index (χ4v) is 2.16. The van der Waals surface area contributed by atoms with Gasteiger partial charge in [-0.15, -0.1) is 0 Å². The number of aryl methyl sites for hydroxylation is 1. The highest BCUT2D eigenvalue weighted by Crippen LogP contribution is 2.29. The van der Waals surface area contributed by atoms with Crippen molar-refractivity contribution < 1.29 is 4.79 Å². The monoisotopic (exact) mass is 262 g/mol. The average molecular weight is 263 g/mol. The van der Waals surface area contributed by atoms with Gasteiger partial charge in [-0.2, -0.15) is 5.26 Å². The number of halogens is 1. The minimum Gasteiger partial charge on any atom is -0.335 e. The van der Waals surface area contributed by atoms with Gasteiger partial charge < -0.3 is 4.90 Å². The predicted octanol–water partition coefficient (Wildman–Crippen LogP) is 3.17. The normalized spacial score (nSPS) is 14.1. The predicted molar refractivity (Wildman–Crippen MR) is 70.5 cm³/mol. The number of rotatable bonds is 4. The van der Waals surface area contributed by atoms with Crippen LogP contribution in [0.2, 0.25) is 5.02 Å². The van der Waals surface area contributed by atoms with Crippen LogP contribution in [0.15, 0.2) is 18.2 Å². The quantitative estimate of drug-likeness (QED) is 0.837. The molecule has 0 saturated heterocycles. The first-order chi connectivity index (χ1) is 8.63. The molecule has 1 fully saturated rings. The second-order valence-corrected chi connectivity index (χ2v) is 5.03. The van der Waals surface area contributed by atoms with Gasteiger partial charge in [-0.25, -0.2) is 0 Å². The van der Waals surface area contributed by atoms with E-state index in [1.54, 1.807) is 12.1 Å². The summed E-state index contributed by atoms with van der Waals surface area (Å²) in [4.78, 5) is 14.3. The highest BCUT2D eigenvalue weighted by Gasteiger charge is 2.33. The van der Waals surface area contributed by atoms with Crippen LogP contribution in [0.4, 0.5) is 0 Å². The van der Waals surface area contributed by atoms with Gasteiger partial charge in [0, 0.05) is 23.2 Å². The van der Waals surface area contributed by atoms with E-state index in [0.717, 1.165) is 18.4 Å². The molecule has 18 heavy (non-hydrogen) atoms. The van der Waals surface area contributed by atoms with E-state index in [4.69, 9.17) is 16.9 Å². The van der Waals surface area contributed by atoms with Gasteiger partial charge in [0.1, 0.15) is 0 Å². The molecule has 1 aliphatic rings. The van der Waals surface area contributed by atoms with E-state index in [9.17, 15) is 4.79 Å². The molecule has 3 nitrogen and oxygen atoms in total. The zero-order chi connectivity index (χ0) is 13.1. The summed E-state index contributed by atoms with van der Waals surface area (Å²) in [5, 5.41) is 9.23. The molecule has 0 heterocycles. The largest absolute Gasteiger partial charge is 0.335 e. The highest BCUT2D eigenvalue weighted by molar-refractivity contribution is 6.31. The maximum absolute atomic E-state index is 12.5. The van der Waals surface area contributed by atoms with Gasteiger partial charge in [0.05, 0.1) is 12.5 Å². The lowest BCUT2D eigenvalue weighted by Gasteiger charge is -2.22. The maximum atomic E-state index is 12.5. The highest BCUT2D eigenvalue weighted by atomic mass is 35.5. The molecule has 1 aromatic carbocycles. The minimum atomic E-state index is -0.00671. The van der Waals surface area contributed by atoms with Gasteiger partial charge in [0.15, 0.2) is 0 Å². The van der Waals surface area contributed by atoms with Crippen LogP contribution in [0.1, 0.15) is 35.2 Å². The molecule has 1 aliphatic carbocycles. The van der Waals surface area contributed by atoms with E-state index in [1.807, 2.05) is 17.9 Å². The SMILES string of the molecule is Cc1ccc(Cl)cc1C(=O)N(CCC#N)C1CC1. The van der Waals surface area contributed by atoms with E-state index in [1.165, 1.54) is 0 Å². The Hall–Kier alpha value is -1.53. The first-order valence-corrected chi connectivity index (χ1v) is 6.45. The van der Waals surface area contributed by atoms with Gasteiger partial charge >= 0.3 is 0 Å². The Labute approximate surface area is 112 Å². The van der Waals surface area contributed by atoms with E-state index in [0.29, 0.717) is 29.6 Å². The summed E-state index contributed by atoms with van der Waals surface area (Å²) in [5.41, 5.74) is 1.57. The van der Waals surface area contributed by atoms with Gasteiger partial charge in [-0.05, 0) is 37.5 Å². The molecule has 0 unspecified atom stereocenters. The van der Waals surface area contributed by atoms with Gasteiger partial charge in [0.25, 0.3) is 5.91 Å². The maximum Gasteiger partial charge on any atom is 0.254 e. The number of carbonyl (C=O) groups is 1. The molecule has 0 atom stereocenters. The molecule has 2 rings (SSSR count). The van der Waals surface area contributed by atoms with Crippen molar-refractivity contribution in [3.63, 3.8) is 0 Å². The van der Waals surface area contributed by atoms with E-state index >= 15 is 0 Å². The Kier molecular flexibility index (Phi) is 3.88. The van der Waals surface area contributed by atoms with Crippen LogP contribution in [0, 0.1) is 18.3 Å². The Bertz CT molecular complexity index is 503. The van der Waals surface area contributed by atoms with Crippen molar-refractivity contribution in [2.75, 3.05) is 6.54 Å². The van der Waals surface area contributed by atoms with Crippen LogP contribution in [0.25, 0.3) is 0 Å². The second kappa shape index (κ2) is 5.41. The molecule has 0 radical (unpaired) electrons. The van der Waals surface area contributed by atoms with E-state index in [2.05, 4.69) is 6.07 Å². The summed E-state index contributed by atoms with van der Waals surface area (Å²) in [7, 11) is 0. The van der Waals surface area contributed by atoms with Crippen molar-refractivity contribution in [2.45, 2.75) is 32.2 Å². The molecular formula is C14H15ClN2O. The molecular weight excluding hydrogens is 248 g/mol. The van der Waals surface area contributed by atoms with Crippen LogP contribution in [0.3, 0.4) is 0 Å². The Morgan fingerprint density at radius 1 is 1.56 bits per heavy atom. The number of benzene rings is 1. The first-order valence-electron chi connectivity index (χ1n) is 6.07. The number of nitriles is 1. The molecule has 0 aliphatic heterocycles. The summed E-state index contributed by atoms with van der Waals surface area (Å²) in [5.74, 6) is -0.00671. The van der Waals surface area contributed by atoms with Crippen molar-refractivity contribution in [1.82, 2.24) is 4.90 Å². The van der Waals surface area contributed by atoms with Crippen molar-refractivity contribution in [3.05, 3.63) is 34.3 Å². The van der Waals surface area contributed by atoms with Gasteiger partial charge in [-0.3, -0.25) is 4.79 Å². The standard InChI is InChI=1S/C14H15ClN2O/c1-10-3-4-11(15)9-13(10)14(18)17(8-2-7-16)12-5-6-12/h3-4,9,12H,2,5-6,8H2,1H3. The molecule has 1 aromatic rings. The zero-order valence-corrected chi connectivity index (χ0v) is 11.1. The summed E-state index contributed by atoms with van der Waals surface area (Å²) >= 11 is 5.94. The summed E-state index contributed by atoms with van der Waals surface area (Å²) in [6.45, 7) is 2.41. The molecule has 0 aromatic heterocycles. The third kappa shape index (κ3) is 2.83. The van der Waals surface area contributed by atoms with Gasteiger partial charge in [0.2, 0.25) is 0 Å². The smallest absolute Gasteiger partial charge is 0.254 e. The van der Waals surface area contributed by atoms with Crippen LogP contribution in [-0.2, 0) is 0 Å². The summed E-state index contributed by atoms with van der Waals surface area (Å²) in [6, 6.07) is 7.75. The Balaban J connectivity index is 2.22. The lowest BCUT2D eigenvalue weighted by molar-refractivity contribution is 0.0746. The molecule has 1 saturated carbocycles. The second-order valence-electron chi connectivity index (χ2n) is 4.60. The average Bonchev–Trinajstić information content (AvgIpc) is 3.17. The first kappa shape index (κ1) is 12.9. The fraction of sp³-hybridized carbons (Fsp3) is 0.429. The van der Waals surface area contributed by atoms with Crippen molar-refractivity contribution >= 4 is 17.5 Å². The van der Waals surface area contributed by atoms with Crippen LogP contribution >= 0.6 is 11.6 Å². The van der Waals surface area contributed by atoms with E-state index < -0.39 is 0 Å². The molecule has 0 spiro atoms. The lowest BCUT2D eigenvalue weighted by Crippen LogP contribution is -2.34. The van der Waals surface area contributed by atoms with Crippen LogP contribution < -0.4 is 0 Å². The molecule has 0 bridgehead atoms. The number of hydrogen-bond donors (Lipinski definition) is 0. The number of carbonyl (C=O) groups excluding carboxylic acids is 1. The molecule has 4 heteroatoms. The zero-order valence-electron chi connectivity index (χ0n) is 10.3. The Morgan fingerprint density at radius 3 is 2.89 bits per heavy atom. The van der Waals surface area contributed by atoms with E-state index in [-0.39, 0.29) is 5.91 Å². The van der Waals surface area contributed by atoms with Crippen molar-refractivity contribution in [3.8, 4) is 6.07 Å². The molecule has 94 valence electrons. The van der Waals surface area contributed by atoms with Crippen LogP contribution in [-0.4, -0.2) is 23.4 Å².